The first-order chi connectivity index (χ1) is 25.1. The molecule has 51 heavy (non-hydrogen) atoms. The van der Waals surface area contributed by atoms with Crippen LogP contribution in [-0.4, -0.2) is 4.57 Å². The van der Waals surface area contributed by atoms with Gasteiger partial charge in [0.1, 0.15) is 0 Å². The molecule has 0 aliphatic heterocycles. The average Bonchev–Trinajstić information content (AvgIpc) is 3.64. The number of rotatable bonds is 5. The molecule has 2 heteroatoms. The molecule has 1 heterocycles. The zero-order valence-electron chi connectivity index (χ0n) is 29.0. The highest BCUT2D eigenvalue weighted by molar-refractivity contribution is 6.03. The predicted octanol–water partition coefficient (Wildman–Crippen LogP) is 12.8. The van der Waals surface area contributed by atoms with E-state index in [1.807, 2.05) is 0 Å². The summed E-state index contributed by atoms with van der Waals surface area (Å²) in [7, 11) is 0. The maximum absolute atomic E-state index is 2.52. The molecule has 0 N–H and O–H groups in total. The Kier molecular flexibility index (Phi) is 6.69. The lowest BCUT2D eigenvalue weighted by molar-refractivity contribution is 0.660. The molecular weight excluding hydrogens is 617 g/mol. The molecule has 2 aliphatic carbocycles. The molecule has 0 atom stereocenters. The van der Waals surface area contributed by atoms with Gasteiger partial charge in [0.15, 0.2) is 0 Å². The molecule has 7 aromatic carbocycles. The summed E-state index contributed by atoms with van der Waals surface area (Å²) in [6, 6.07) is 62.7. The van der Waals surface area contributed by atoms with Crippen LogP contribution < -0.4 is 4.90 Å². The number of aryl methyl sites for hydroxylation is 1. The summed E-state index contributed by atoms with van der Waals surface area (Å²) in [4.78, 5) is 2.45. The van der Waals surface area contributed by atoms with Gasteiger partial charge in [-0.3, -0.25) is 0 Å². The van der Waals surface area contributed by atoms with Crippen LogP contribution in [-0.2, 0) is 18.3 Å². The van der Waals surface area contributed by atoms with E-state index < -0.39 is 0 Å². The molecule has 0 spiro atoms. The van der Waals surface area contributed by atoms with Crippen molar-refractivity contribution < 1.29 is 0 Å². The molecule has 0 bridgehead atoms. The zero-order chi connectivity index (χ0) is 34.1. The van der Waals surface area contributed by atoms with E-state index in [2.05, 4.69) is 193 Å². The van der Waals surface area contributed by atoms with Crippen molar-refractivity contribution in [2.24, 2.45) is 0 Å². The molecule has 10 rings (SSSR count). The van der Waals surface area contributed by atoms with E-state index in [-0.39, 0.29) is 5.41 Å². The molecule has 2 nitrogen and oxygen atoms in total. The maximum atomic E-state index is 2.52. The zero-order valence-corrected chi connectivity index (χ0v) is 29.0. The average molecular weight is 655 g/mol. The first-order valence-electron chi connectivity index (χ1n) is 18.1. The van der Waals surface area contributed by atoms with Gasteiger partial charge in [-0.15, -0.1) is 0 Å². The van der Waals surface area contributed by atoms with E-state index in [4.69, 9.17) is 0 Å². The molecule has 0 saturated carbocycles. The number of benzene rings is 7. The van der Waals surface area contributed by atoms with Gasteiger partial charge in [-0.2, -0.15) is 0 Å². The van der Waals surface area contributed by atoms with Crippen molar-refractivity contribution in [3.05, 3.63) is 192 Å². The number of aromatic nitrogens is 1. The summed E-state index contributed by atoms with van der Waals surface area (Å²) in [6.45, 7) is 4.73. The molecule has 244 valence electrons. The van der Waals surface area contributed by atoms with E-state index in [0.717, 1.165) is 29.9 Å². The highest BCUT2D eigenvalue weighted by Crippen LogP contribution is 2.51. The molecule has 0 radical (unpaired) electrons. The van der Waals surface area contributed by atoms with Crippen LogP contribution in [0.25, 0.3) is 50.0 Å². The van der Waals surface area contributed by atoms with Crippen LogP contribution in [0.1, 0.15) is 36.2 Å². The van der Waals surface area contributed by atoms with Crippen LogP contribution in [0.5, 0.6) is 0 Å². The lowest BCUT2D eigenvalue weighted by Gasteiger charge is -2.28. The summed E-state index contributed by atoms with van der Waals surface area (Å²) >= 11 is 0. The Morgan fingerprint density at radius 3 is 1.90 bits per heavy atom. The number of hydrogen-bond acceptors (Lipinski definition) is 1. The molecule has 1 aromatic heterocycles. The van der Waals surface area contributed by atoms with Gasteiger partial charge in [-0.1, -0.05) is 135 Å². The van der Waals surface area contributed by atoms with Gasteiger partial charge in [0.05, 0.1) is 5.52 Å². The quantitative estimate of drug-likeness (QED) is 0.179. The molecule has 2 aliphatic rings. The van der Waals surface area contributed by atoms with Gasteiger partial charge < -0.3 is 9.47 Å². The second-order valence-electron chi connectivity index (χ2n) is 14.5. The van der Waals surface area contributed by atoms with E-state index in [1.54, 1.807) is 0 Å². The van der Waals surface area contributed by atoms with E-state index in [1.165, 1.54) is 72.4 Å². The Morgan fingerprint density at radius 1 is 0.490 bits per heavy atom. The summed E-state index contributed by atoms with van der Waals surface area (Å²) in [5.41, 5.74) is 19.2. The minimum atomic E-state index is -0.0941. The van der Waals surface area contributed by atoms with E-state index in [9.17, 15) is 0 Å². The van der Waals surface area contributed by atoms with E-state index >= 15 is 0 Å². The first-order valence-corrected chi connectivity index (χ1v) is 18.1. The van der Waals surface area contributed by atoms with Crippen LogP contribution in [0.15, 0.2) is 170 Å². The number of anilines is 3. The Labute approximate surface area is 299 Å². The second-order valence-corrected chi connectivity index (χ2v) is 14.5. The summed E-state index contributed by atoms with van der Waals surface area (Å²) in [5.74, 6) is 0. The van der Waals surface area contributed by atoms with Crippen LogP contribution in [0.4, 0.5) is 17.1 Å². The van der Waals surface area contributed by atoms with Gasteiger partial charge in [0.2, 0.25) is 0 Å². The van der Waals surface area contributed by atoms with Crippen molar-refractivity contribution in [3.63, 3.8) is 0 Å². The number of para-hydroxylation sites is 1. The van der Waals surface area contributed by atoms with Crippen LogP contribution in [0, 0.1) is 0 Å². The fourth-order valence-electron chi connectivity index (χ4n) is 8.82. The van der Waals surface area contributed by atoms with Crippen molar-refractivity contribution in [3.8, 4) is 39.1 Å². The summed E-state index contributed by atoms with van der Waals surface area (Å²) in [6.07, 6.45) is 2.06. The van der Waals surface area contributed by atoms with E-state index in [0.29, 0.717) is 0 Å². The monoisotopic (exact) mass is 654 g/mol. The molecule has 0 fully saturated rings. The summed E-state index contributed by atoms with van der Waals surface area (Å²) in [5, 5.41) is 1.30. The Bertz CT molecular complexity index is 2590. The smallest absolute Gasteiger partial charge is 0.0558 e. The Balaban J connectivity index is 1.20. The highest BCUT2D eigenvalue weighted by Gasteiger charge is 2.36. The fraction of sp³-hybridized carbons (Fsp3) is 0.102. The topological polar surface area (TPSA) is 8.17 Å². The standard InChI is InChI=1S/C49H38N2/c1-49(2)44-20-12-11-19-41(44)42-28-26-38(31-45(42)49)50(37-24-21-34(22-25-37)33-13-5-3-6-14-33)39-27-29-43-47(32-39)51(36-16-7-4-8-17-36)46-30-23-35-15-9-10-18-40(35)48(43)46/h3-22,24-29,31-32H,23,30H2,1-2H3. The molecule has 0 amide bonds. The Hall–Kier alpha value is -6.12. The van der Waals surface area contributed by atoms with Crippen molar-refractivity contribution in [2.45, 2.75) is 32.1 Å². The van der Waals surface area contributed by atoms with Crippen LogP contribution in [0.2, 0.25) is 0 Å². The van der Waals surface area contributed by atoms with Crippen molar-refractivity contribution >= 4 is 28.0 Å². The van der Waals surface area contributed by atoms with Gasteiger partial charge in [-0.25, -0.2) is 0 Å². The lowest BCUT2D eigenvalue weighted by Crippen LogP contribution is -2.16. The van der Waals surface area contributed by atoms with Crippen molar-refractivity contribution in [1.29, 1.82) is 0 Å². The van der Waals surface area contributed by atoms with Gasteiger partial charge in [0, 0.05) is 44.8 Å². The third-order valence-electron chi connectivity index (χ3n) is 11.3. The molecule has 8 aromatic rings. The second kappa shape index (κ2) is 11.5. The van der Waals surface area contributed by atoms with Gasteiger partial charge >= 0.3 is 0 Å². The van der Waals surface area contributed by atoms with Crippen molar-refractivity contribution in [2.75, 3.05) is 4.90 Å². The van der Waals surface area contributed by atoms with Gasteiger partial charge in [-0.05, 0) is 106 Å². The minimum absolute atomic E-state index is 0.0941. The number of nitrogens with zero attached hydrogens (tertiary/aromatic N) is 2. The van der Waals surface area contributed by atoms with Crippen molar-refractivity contribution in [1.82, 2.24) is 4.57 Å². The lowest BCUT2D eigenvalue weighted by atomic mass is 9.82. The number of fused-ring (bicyclic) bond motifs is 8. The summed E-state index contributed by atoms with van der Waals surface area (Å²) < 4.78 is 2.52. The molecule has 0 saturated heterocycles. The molecular formula is C49H38N2. The highest BCUT2D eigenvalue weighted by atomic mass is 15.1. The fourth-order valence-corrected chi connectivity index (χ4v) is 8.82. The third-order valence-corrected chi connectivity index (χ3v) is 11.3. The SMILES string of the molecule is CC1(C)c2ccccc2-c2ccc(N(c3ccc(-c4ccccc4)cc3)c3ccc4c5c(n(-c6ccccc6)c4c3)CCc3ccccc3-5)cc21. The normalized spacial score (nSPS) is 13.7. The predicted molar refractivity (Wildman–Crippen MR) is 214 cm³/mol. The Morgan fingerprint density at radius 2 is 1.10 bits per heavy atom. The number of hydrogen-bond donors (Lipinski definition) is 0. The van der Waals surface area contributed by atoms with Crippen LogP contribution >= 0.6 is 0 Å². The molecule has 0 unspecified atom stereocenters. The maximum Gasteiger partial charge on any atom is 0.0558 e. The van der Waals surface area contributed by atoms with Crippen LogP contribution in [0.3, 0.4) is 0 Å². The largest absolute Gasteiger partial charge is 0.313 e. The van der Waals surface area contributed by atoms with Gasteiger partial charge in [0.25, 0.3) is 0 Å². The first kappa shape index (κ1) is 29.8. The minimum Gasteiger partial charge on any atom is -0.313 e. The third kappa shape index (κ3) is 4.63.